The fourth-order valence-corrected chi connectivity index (χ4v) is 7.18. The molecule has 0 saturated carbocycles. The number of nitrogens with one attached hydrogen (secondary N) is 1. The molecule has 1 unspecified atom stereocenters. The zero-order valence-electron chi connectivity index (χ0n) is 25.4. The van der Waals surface area contributed by atoms with Crippen LogP contribution in [-0.4, -0.2) is 74.7 Å². The molecule has 2 saturated heterocycles. The van der Waals surface area contributed by atoms with Crippen molar-refractivity contribution in [3.63, 3.8) is 0 Å². The summed E-state index contributed by atoms with van der Waals surface area (Å²) in [5, 5.41) is 3.24. The van der Waals surface area contributed by atoms with Gasteiger partial charge in [0, 0.05) is 37.9 Å². The lowest BCUT2D eigenvalue weighted by Crippen LogP contribution is -2.49. The van der Waals surface area contributed by atoms with E-state index in [1.807, 2.05) is 90.7 Å². The van der Waals surface area contributed by atoms with Gasteiger partial charge in [-0.25, -0.2) is 0 Å². The van der Waals surface area contributed by atoms with Crippen molar-refractivity contribution in [2.45, 2.75) is 50.0 Å². The molecule has 2 atom stereocenters. The first-order valence-corrected chi connectivity index (χ1v) is 15.9. The molecular formula is C36H41N3O5. The molecular weight excluding hydrogens is 554 g/mol. The summed E-state index contributed by atoms with van der Waals surface area (Å²) in [6, 6.07) is 25.4. The first kappa shape index (κ1) is 29.9. The van der Waals surface area contributed by atoms with Gasteiger partial charge < -0.3 is 24.6 Å². The van der Waals surface area contributed by atoms with Crippen molar-refractivity contribution in [2.75, 3.05) is 50.9 Å². The van der Waals surface area contributed by atoms with Crippen molar-refractivity contribution in [3.8, 4) is 0 Å². The minimum Gasteiger partial charge on any atom is -0.465 e. The summed E-state index contributed by atoms with van der Waals surface area (Å²) in [4.78, 5) is 45.2. The summed E-state index contributed by atoms with van der Waals surface area (Å²) in [5.74, 6) is -0.583. The molecule has 8 nitrogen and oxygen atoms in total. The summed E-state index contributed by atoms with van der Waals surface area (Å²) in [6.45, 7) is 6.12. The van der Waals surface area contributed by atoms with Crippen LogP contribution in [0.25, 0.3) is 0 Å². The summed E-state index contributed by atoms with van der Waals surface area (Å²) in [5.41, 5.74) is 3.32. The lowest BCUT2D eigenvalue weighted by Gasteiger charge is -2.42. The second kappa shape index (κ2) is 13.2. The Kier molecular flexibility index (Phi) is 8.98. The van der Waals surface area contributed by atoms with E-state index in [1.54, 1.807) is 0 Å². The number of carbonyl (C=O) groups excluding carboxylic acids is 3. The number of hydrogen-bond acceptors (Lipinski definition) is 6. The third-order valence-corrected chi connectivity index (χ3v) is 9.43. The molecule has 0 radical (unpaired) electrons. The summed E-state index contributed by atoms with van der Waals surface area (Å²) in [7, 11) is 0. The highest BCUT2D eigenvalue weighted by atomic mass is 16.5. The van der Waals surface area contributed by atoms with Gasteiger partial charge in [-0.15, -0.1) is 0 Å². The van der Waals surface area contributed by atoms with Crippen molar-refractivity contribution in [2.24, 2.45) is 0 Å². The highest BCUT2D eigenvalue weighted by Crippen LogP contribution is 2.48. The predicted molar refractivity (Wildman–Crippen MR) is 169 cm³/mol. The zero-order chi connectivity index (χ0) is 30.5. The van der Waals surface area contributed by atoms with Gasteiger partial charge in [0.15, 0.2) is 0 Å². The average Bonchev–Trinajstić information content (AvgIpc) is 3.08. The first-order chi connectivity index (χ1) is 21.5. The standard InChI is InChI=1S/C36H41N3O5/c1-2-44-35(42)36(26-10-4-3-5-11-26)19-16-29(28-12-6-8-14-31(28)36)34(41)39-20-17-27(18-21-39)37-33(40)30-13-7-9-15-32(30)38-22-24-43-25-23-38/h3-15,27,29H,2,16-25H2,1H3,(H,37,40)/t29-,36?/m1/s1. The molecule has 0 aromatic heterocycles. The minimum absolute atomic E-state index is 0.00233. The molecule has 1 aliphatic carbocycles. The van der Waals surface area contributed by atoms with Crippen LogP contribution in [0, 0.1) is 0 Å². The maximum atomic E-state index is 14.0. The Balaban J connectivity index is 1.15. The normalized spacial score (nSPS) is 22.2. The summed E-state index contributed by atoms with van der Waals surface area (Å²) in [6.07, 6.45) is 2.45. The molecule has 2 aliphatic heterocycles. The van der Waals surface area contributed by atoms with Crippen molar-refractivity contribution in [1.82, 2.24) is 10.2 Å². The Morgan fingerprint density at radius 1 is 0.864 bits per heavy atom. The molecule has 44 heavy (non-hydrogen) atoms. The maximum absolute atomic E-state index is 14.0. The van der Waals surface area contributed by atoms with Crippen LogP contribution >= 0.6 is 0 Å². The molecule has 3 aromatic carbocycles. The predicted octanol–water partition coefficient (Wildman–Crippen LogP) is 4.67. The molecule has 2 heterocycles. The highest BCUT2D eigenvalue weighted by Gasteiger charge is 2.50. The quantitative estimate of drug-likeness (QED) is 0.400. The van der Waals surface area contributed by atoms with E-state index in [9.17, 15) is 14.4 Å². The monoisotopic (exact) mass is 595 g/mol. The van der Waals surface area contributed by atoms with Crippen LogP contribution in [-0.2, 0) is 24.5 Å². The van der Waals surface area contributed by atoms with Gasteiger partial charge in [0.1, 0.15) is 5.41 Å². The number of ether oxygens (including phenoxy) is 2. The van der Waals surface area contributed by atoms with E-state index in [-0.39, 0.29) is 29.7 Å². The van der Waals surface area contributed by atoms with Gasteiger partial charge in [0.25, 0.3) is 5.91 Å². The second-order valence-electron chi connectivity index (χ2n) is 11.9. The Bertz CT molecular complexity index is 1480. The molecule has 2 fully saturated rings. The smallest absolute Gasteiger partial charge is 0.321 e. The maximum Gasteiger partial charge on any atom is 0.321 e. The van der Waals surface area contributed by atoms with Gasteiger partial charge >= 0.3 is 5.97 Å². The van der Waals surface area contributed by atoms with Gasteiger partial charge in [-0.2, -0.15) is 0 Å². The Hall–Kier alpha value is -4.17. The fourth-order valence-electron chi connectivity index (χ4n) is 7.18. The molecule has 3 aromatic rings. The van der Waals surface area contributed by atoms with Crippen LogP contribution in [0.1, 0.15) is 65.6 Å². The molecule has 230 valence electrons. The molecule has 1 N–H and O–H groups in total. The zero-order valence-corrected chi connectivity index (χ0v) is 25.4. The van der Waals surface area contributed by atoms with E-state index in [2.05, 4.69) is 10.2 Å². The van der Waals surface area contributed by atoms with E-state index in [0.717, 1.165) is 35.5 Å². The van der Waals surface area contributed by atoms with Crippen LogP contribution in [0.5, 0.6) is 0 Å². The van der Waals surface area contributed by atoms with Crippen LogP contribution in [0.3, 0.4) is 0 Å². The van der Waals surface area contributed by atoms with Crippen molar-refractivity contribution in [1.29, 1.82) is 0 Å². The number of nitrogens with zero attached hydrogens (tertiary/aromatic N) is 2. The third-order valence-electron chi connectivity index (χ3n) is 9.43. The van der Waals surface area contributed by atoms with E-state index in [1.165, 1.54) is 0 Å². The largest absolute Gasteiger partial charge is 0.465 e. The number of rotatable bonds is 7. The van der Waals surface area contributed by atoms with E-state index < -0.39 is 5.41 Å². The molecule has 6 rings (SSSR count). The summed E-state index contributed by atoms with van der Waals surface area (Å²) < 4.78 is 11.1. The fraction of sp³-hybridized carbons (Fsp3) is 0.417. The Labute approximate surface area is 259 Å². The topological polar surface area (TPSA) is 88.2 Å². The van der Waals surface area contributed by atoms with Gasteiger partial charge in [-0.3, -0.25) is 14.4 Å². The van der Waals surface area contributed by atoms with Gasteiger partial charge in [-0.05, 0) is 61.4 Å². The lowest BCUT2D eigenvalue weighted by molar-refractivity contribution is -0.149. The lowest BCUT2D eigenvalue weighted by atomic mass is 9.63. The number of benzene rings is 3. The number of morpholine rings is 1. The Morgan fingerprint density at radius 2 is 1.55 bits per heavy atom. The van der Waals surface area contributed by atoms with Crippen LogP contribution < -0.4 is 10.2 Å². The third kappa shape index (κ3) is 5.71. The number of hydrogen-bond donors (Lipinski definition) is 1. The van der Waals surface area contributed by atoms with E-state index in [4.69, 9.17) is 9.47 Å². The first-order valence-electron chi connectivity index (χ1n) is 15.9. The molecule has 0 bridgehead atoms. The molecule has 2 amide bonds. The molecule has 0 spiro atoms. The number of piperidine rings is 1. The number of carbonyl (C=O) groups is 3. The number of fused-ring (bicyclic) bond motifs is 1. The number of anilines is 1. The van der Waals surface area contributed by atoms with Gasteiger partial charge in [0.05, 0.1) is 31.3 Å². The van der Waals surface area contributed by atoms with E-state index >= 15 is 0 Å². The Morgan fingerprint density at radius 3 is 2.30 bits per heavy atom. The van der Waals surface area contributed by atoms with E-state index in [0.29, 0.717) is 64.2 Å². The van der Waals surface area contributed by atoms with Crippen LogP contribution in [0.15, 0.2) is 78.9 Å². The van der Waals surface area contributed by atoms with Gasteiger partial charge in [-0.1, -0.05) is 66.7 Å². The number of likely N-dealkylation sites (tertiary alicyclic amines) is 1. The van der Waals surface area contributed by atoms with Crippen molar-refractivity contribution >= 4 is 23.5 Å². The molecule has 3 aliphatic rings. The van der Waals surface area contributed by atoms with Gasteiger partial charge in [0.2, 0.25) is 5.91 Å². The van der Waals surface area contributed by atoms with Crippen LogP contribution in [0.4, 0.5) is 5.69 Å². The minimum atomic E-state index is -0.945. The highest BCUT2D eigenvalue weighted by molar-refractivity contribution is 6.00. The number of amides is 2. The SMILES string of the molecule is CCOC(=O)C1(c2ccccc2)CC[C@@H](C(=O)N2CCC(NC(=O)c3ccccc3N3CCOCC3)CC2)c2ccccc21. The van der Waals surface area contributed by atoms with Crippen molar-refractivity contribution < 1.29 is 23.9 Å². The van der Waals surface area contributed by atoms with Crippen molar-refractivity contribution in [3.05, 3.63) is 101 Å². The molecule has 8 heteroatoms. The van der Waals surface area contributed by atoms with Crippen LogP contribution in [0.2, 0.25) is 0 Å². The number of para-hydroxylation sites is 1. The second-order valence-corrected chi connectivity index (χ2v) is 11.9. The summed E-state index contributed by atoms with van der Waals surface area (Å²) >= 11 is 0. The number of esters is 1. The average molecular weight is 596 g/mol.